The average molecular weight is 1260 g/mol. The standard InChI is InChI=1S/4C8H11NO.2C8H11N.C8H17N.C7H9NO.2C7H9N/c1-6-3-4-8(10-2)7(9)5-6;1-6-3-4-7(9)8(5-6)10-2;1-6-4-3-5-7(10-2)8(6)9;1-6-4-3-5-7(9)8(6)10-2;1-6-3-4-8(9)5-7(6)2;1-6-4-3-5-8(9)7(6)2;9-8-6-4-2-1-3-5-7-8;1-9-7-5-3-2-4-6(7)8;1-6-2-4-7(8)5-3-6;1-6-3-2-4-7(8)5-6/h4*3-5H,9H2,1-2H3;2*3-5H,9H2,1-2H3;8H,1-7,9H2;2-5H,8H2,1H3;2*2-5H,8H2,1H3. The number of hydrogen-bond donors (Lipinski definition) is 10. The van der Waals surface area contributed by atoms with Gasteiger partial charge >= 0.3 is 0 Å². The molecular formula is C77H110N10O5. The lowest BCUT2D eigenvalue weighted by Gasteiger charge is -2.13. The Bertz CT molecular complexity index is 3400. The van der Waals surface area contributed by atoms with E-state index in [-0.39, 0.29) is 0 Å². The van der Waals surface area contributed by atoms with E-state index in [1.807, 2.05) is 218 Å². The molecule has 0 saturated heterocycles. The Morgan fingerprint density at radius 3 is 1.17 bits per heavy atom. The molecule has 0 amide bonds. The van der Waals surface area contributed by atoms with E-state index in [0.29, 0.717) is 28.8 Å². The van der Waals surface area contributed by atoms with E-state index < -0.39 is 0 Å². The molecule has 20 N–H and O–H groups in total. The van der Waals surface area contributed by atoms with Crippen molar-refractivity contribution in [2.24, 2.45) is 5.73 Å². The SMILES string of the molecule is COc1c(C)cccc1N.COc1cc(C)ccc1N.COc1ccc(C)cc1N.COc1cccc(C)c1N.COc1ccccc1N.Cc1ccc(N)cc1.Cc1ccc(N)cc1C.Cc1cccc(N)c1.Cc1cccc(N)c1C.NC1CCCCCCC1. The van der Waals surface area contributed by atoms with Crippen molar-refractivity contribution in [3.8, 4) is 28.7 Å². The van der Waals surface area contributed by atoms with E-state index in [9.17, 15) is 0 Å². The zero-order valence-electron chi connectivity index (χ0n) is 57.7. The molecule has 1 saturated carbocycles. The average Bonchev–Trinajstić information content (AvgIpc) is 2.00. The Morgan fingerprint density at radius 2 is 0.728 bits per heavy atom. The number of nitrogens with two attached hydrogens (primary N) is 10. The first kappa shape index (κ1) is 80.2. The van der Waals surface area contributed by atoms with Crippen molar-refractivity contribution >= 4 is 51.2 Å². The number of nitrogen functional groups attached to an aromatic ring is 9. The van der Waals surface area contributed by atoms with Crippen LogP contribution in [0.15, 0.2) is 182 Å². The normalized spacial score (nSPS) is 10.9. The van der Waals surface area contributed by atoms with Crippen LogP contribution in [0, 0.1) is 69.2 Å². The van der Waals surface area contributed by atoms with Crippen LogP contribution < -0.4 is 81.0 Å². The van der Waals surface area contributed by atoms with Crippen LogP contribution in [-0.2, 0) is 0 Å². The van der Waals surface area contributed by atoms with E-state index in [2.05, 4.69) is 26.8 Å². The second kappa shape index (κ2) is 45.4. The summed E-state index contributed by atoms with van der Waals surface area (Å²) in [6.07, 6.45) is 9.51. The molecule has 92 heavy (non-hydrogen) atoms. The topological polar surface area (TPSA) is 306 Å². The van der Waals surface area contributed by atoms with E-state index in [4.69, 9.17) is 81.0 Å². The predicted molar refractivity (Wildman–Crippen MR) is 398 cm³/mol. The van der Waals surface area contributed by atoms with E-state index in [1.165, 1.54) is 78.3 Å². The highest BCUT2D eigenvalue weighted by Crippen LogP contribution is 2.26. The second-order valence-electron chi connectivity index (χ2n) is 22.2. The summed E-state index contributed by atoms with van der Waals surface area (Å²) in [7, 11) is 8.07. The molecule has 0 atom stereocenters. The minimum Gasteiger partial charge on any atom is -0.495 e. The summed E-state index contributed by atoms with van der Waals surface area (Å²) in [6, 6.07) is 58.2. The Morgan fingerprint density at radius 1 is 0.283 bits per heavy atom. The van der Waals surface area contributed by atoms with Crippen molar-refractivity contribution in [2.45, 2.75) is 120 Å². The molecule has 0 unspecified atom stereocenters. The molecule has 498 valence electrons. The third-order valence-corrected chi connectivity index (χ3v) is 14.3. The molecule has 0 heterocycles. The Labute approximate surface area is 551 Å². The van der Waals surface area contributed by atoms with E-state index >= 15 is 0 Å². The molecular weight excluding hydrogens is 1140 g/mol. The van der Waals surface area contributed by atoms with Crippen LogP contribution in [0.5, 0.6) is 28.7 Å². The summed E-state index contributed by atoms with van der Waals surface area (Å²) in [6.45, 7) is 20.2. The fourth-order valence-corrected chi connectivity index (χ4v) is 8.39. The van der Waals surface area contributed by atoms with Crippen molar-refractivity contribution in [3.05, 3.63) is 238 Å². The van der Waals surface area contributed by atoms with Gasteiger partial charge in [0.1, 0.15) is 28.7 Å². The van der Waals surface area contributed by atoms with Crippen LogP contribution in [0.25, 0.3) is 0 Å². The van der Waals surface area contributed by atoms with Gasteiger partial charge in [-0.3, -0.25) is 0 Å². The Balaban J connectivity index is 0.000000512. The molecule has 0 spiro atoms. The lowest BCUT2D eigenvalue weighted by atomic mass is 9.98. The van der Waals surface area contributed by atoms with Gasteiger partial charge in [0.15, 0.2) is 0 Å². The molecule has 0 aromatic heterocycles. The highest BCUT2D eigenvalue weighted by Gasteiger charge is 2.05. The smallest absolute Gasteiger partial charge is 0.144 e. The van der Waals surface area contributed by atoms with Crippen LogP contribution >= 0.6 is 0 Å². The first-order valence-electron chi connectivity index (χ1n) is 30.7. The monoisotopic (exact) mass is 1250 g/mol. The van der Waals surface area contributed by atoms with E-state index in [0.717, 1.165) is 79.4 Å². The van der Waals surface area contributed by atoms with Crippen LogP contribution in [0.1, 0.15) is 101 Å². The summed E-state index contributed by atoms with van der Waals surface area (Å²) >= 11 is 0. The molecule has 15 nitrogen and oxygen atoms in total. The van der Waals surface area contributed by atoms with Gasteiger partial charge in [0.25, 0.3) is 0 Å². The van der Waals surface area contributed by atoms with Crippen molar-refractivity contribution < 1.29 is 23.7 Å². The minimum absolute atomic E-state index is 0.519. The molecule has 9 aromatic rings. The largest absolute Gasteiger partial charge is 0.495 e. The van der Waals surface area contributed by atoms with Crippen molar-refractivity contribution in [2.75, 3.05) is 87.2 Å². The van der Waals surface area contributed by atoms with Gasteiger partial charge in [-0.15, -0.1) is 0 Å². The van der Waals surface area contributed by atoms with Gasteiger partial charge in [0.2, 0.25) is 0 Å². The number of para-hydroxylation sites is 4. The molecule has 9 aromatic carbocycles. The Hall–Kier alpha value is -9.86. The maximum atomic E-state index is 5.80. The second-order valence-corrected chi connectivity index (χ2v) is 22.2. The van der Waals surface area contributed by atoms with Gasteiger partial charge < -0.3 is 81.0 Å². The lowest BCUT2D eigenvalue weighted by Crippen LogP contribution is -2.20. The van der Waals surface area contributed by atoms with Crippen LogP contribution in [0.4, 0.5) is 51.2 Å². The third-order valence-electron chi connectivity index (χ3n) is 14.3. The first-order valence-corrected chi connectivity index (χ1v) is 30.7. The van der Waals surface area contributed by atoms with Crippen LogP contribution in [-0.4, -0.2) is 41.6 Å². The number of rotatable bonds is 5. The molecule has 1 aliphatic rings. The summed E-state index contributed by atoms with van der Waals surface area (Å²) in [5.74, 6) is 3.76. The van der Waals surface area contributed by atoms with Crippen molar-refractivity contribution in [1.29, 1.82) is 0 Å². The van der Waals surface area contributed by atoms with Gasteiger partial charge in [0.05, 0.1) is 64.0 Å². The maximum absolute atomic E-state index is 5.80. The molecule has 1 aliphatic carbocycles. The zero-order chi connectivity index (χ0) is 69.1. The molecule has 0 aliphatic heterocycles. The summed E-state index contributed by atoms with van der Waals surface area (Å²) in [4.78, 5) is 0. The fraction of sp³-hybridized carbons (Fsp3) is 0.299. The highest BCUT2D eigenvalue weighted by molar-refractivity contribution is 5.59. The van der Waals surface area contributed by atoms with Gasteiger partial charge in [-0.25, -0.2) is 0 Å². The summed E-state index contributed by atoms with van der Waals surface area (Å²) in [5.41, 5.74) is 74.6. The van der Waals surface area contributed by atoms with Crippen molar-refractivity contribution in [1.82, 2.24) is 0 Å². The third kappa shape index (κ3) is 33.6. The van der Waals surface area contributed by atoms with Gasteiger partial charge in [-0.05, 0) is 223 Å². The summed E-state index contributed by atoms with van der Waals surface area (Å²) < 4.78 is 24.9. The molecule has 0 bridgehead atoms. The zero-order valence-corrected chi connectivity index (χ0v) is 57.7. The van der Waals surface area contributed by atoms with Gasteiger partial charge in [0, 0.05) is 28.8 Å². The Kier molecular flexibility index (Phi) is 39.6. The maximum Gasteiger partial charge on any atom is 0.144 e. The predicted octanol–water partition coefficient (Wildman–Crippen LogP) is 16.6. The van der Waals surface area contributed by atoms with Crippen molar-refractivity contribution in [3.63, 3.8) is 0 Å². The summed E-state index contributed by atoms with van der Waals surface area (Å²) in [5, 5.41) is 0. The number of ether oxygens (including phenoxy) is 5. The number of anilines is 9. The number of methoxy groups -OCH3 is 5. The molecule has 1 fully saturated rings. The first-order chi connectivity index (χ1) is 43.7. The van der Waals surface area contributed by atoms with Gasteiger partial charge in [-0.2, -0.15) is 0 Å². The van der Waals surface area contributed by atoms with Crippen LogP contribution in [0.2, 0.25) is 0 Å². The molecule has 0 radical (unpaired) electrons. The van der Waals surface area contributed by atoms with Crippen LogP contribution in [0.3, 0.4) is 0 Å². The fourth-order valence-electron chi connectivity index (χ4n) is 8.39. The number of benzene rings is 9. The molecule has 15 heteroatoms. The number of aryl methyl sites for hydroxylation is 9. The quantitative estimate of drug-likeness (QED) is 0.0717. The van der Waals surface area contributed by atoms with Gasteiger partial charge in [-0.1, -0.05) is 129 Å². The minimum atomic E-state index is 0.519. The highest BCUT2D eigenvalue weighted by atomic mass is 16.5. The lowest BCUT2D eigenvalue weighted by molar-refractivity contribution is 0.414. The number of hydrogen-bond acceptors (Lipinski definition) is 15. The van der Waals surface area contributed by atoms with E-state index in [1.54, 1.807) is 41.6 Å². The molecule has 10 rings (SSSR count).